The summed E-state index contributed by atoms with van der Waals surface area (Å²) >= 11 is 0. The Morgan fingerprint density at radius 3 is 2.43 bits per heavy atom. The fourth-order valence-corrected chi connectivity index (χ4v) is 4.94. The number of nitro benzene ring substituents is 1. The average Bonchev–Trinajstić information content (AvgIpc) is 3.00. The number of carbonyl (C=O) groups is 2. The third-order valence-corrected chi connectivity index (χ3v) is 7.08. The summed E-state index contributed by atoms with van der Waals surface area (Å²) in [6, 6.07) is 12.1. The molecule has 0 bridgehead atoms. The summed E-state index contributed by atoms with van der Waals surface area (Å²) in [5.41, 5.74) is -1.71. The van der Waals surface area contributed by atoms with E-state index in [1.54, 1.807) is 12.1 Å². The first kappa shape index (κ1) is 36.2. The largest absolute Gasteiger partial charge is 0.491 e. The number of nitrogens with zero attached hydrogens (tertiary/aromatic N) is 2. The van der Waals surface area contributed by atoms with Gasteiger partial charge in [0.1, 0.15) is 30.1 Å². The molecule has 3 atom stereocenters. The number of esters is 2. The van der Waals surface area contributed by atoms with Crippen LogP contribution in [-0.4, -0.2) is 72.4 Å². The number of alkyl halides is 3. The van der Waals surface area contributed by atoms with Gasteiger partial charge < -0.3 is 24.6 Å². The number of halogens is 3. The molecule has 46 heavy (non-hydrogen) atoms. The maximum Gasteiger partial charge on any atom is 0.430 e. The molecule has 0 aliphatic carbocycles. The van der Waals surface area contributed by atoms with Crippen LogP contribution >= 0.6 is 0 Å². The Morgan fingerprint density at radius 1 is 1.13 bits per heavy atom. The molecule has 0 saturated carbocycles. The van der Waals surface area contributed by atoms with Crippen LogP contribution < -0.4 is 10.1 Å². The van der Waals surface area contributed by atoms with E-state index in [0.717, 1.165) is 17.7 Å². The van der Waals surface area contributed by atoms with Crippen molar-refractivity contribution in [3.05, 3.63) is 81.0 Å². The zero-order valence-corrected chi connectivity index (χ0v) is 26.0. The zero-order chi connectivity index (χ0) is 34.0. The average molecular weight is 650 g/mol. The van der Waals surface area contributed by atoms with Gasteiger partial charge in [0.2, 0.25) is 0 Å². The van der Waals surface area contributed by atoms with Gasteiger partial charge in [0, 0.05) is 36.3 Å². The molecule has 0 radical (unpaired) electrons. The van der Waals surface area contributed by atoms with Crippen LogP contribution in [0.1, 0.15) is 51.2 Å². The van der Waals surface area contributed by atoms with Crippen LogP contribution in [0.15, 0.2) is 64.8 Å². The van der Waals surface area contributed by atoms with E-state index in [0.29, 0.717) is 25.1 Å². The van der Waals surface area contributed by atoms with Gasteiger partial charge in [0.05, 0.1) is 23.7 Å². The Labute approximate surface area is 264 Å². The molecule has 3 unspecified atom stereocenters. The topological polar surface area (TPSA) is 150 Å². The predicted octanol–water partition coefficient (Wildman–Crippen LogP) is 5.06. The Balaban J connectivity index is 1.75. The Bertz CT molecular complexity index is 1440. The minimum Gasteiger partial charge on any atom is -0.491 e. The Hall–Kier alpha value is -4.30. The first-order valence-corrected chi connectivity index (χ1v) is 14.8. The molecular weight excluding hydrogens is 611 g/mol. The quantitative estimate of drug-likeness (QED) is 0.117. The van der Waals surface area contributed by atoms with Crippen LogP contribution in [-0.2, 0) is 25.5 Å². The number of aryl methyl sites for hydroxylation is 1. The molecule has 14 heteroatoms. The maximum absolute atomic E-state index is 14.2. The monoisotopic (exact) mass is 649 g/mol. The van der Waals surface area contributed by atoms with E-state index in [9.17, 15) is 38.0 Å². The Kier molecular flexibility index (Phi) is 12.8. The molecule has 3 rings (SSSR count). The molecule has 0 spiro atoms. The van der Waals surface area contributed by atoms with Crippen LogP contribution in [0.4, 0.5) is 18.9 Å². The van der Waals surface area contributed by atoms with E-state index in [1.165, 1.54) is 26.0 Å². The number of rotatable bonds is 15. The van der Waals surface area contributed by atoms with E-state index in [1.807, 2.05) is 26.0 Å². The van der Waals surface area contributed by atoms with E-state index in [2.05, 4.69) is 10.3 Å². The lowest BCUT2D eigenvalue weighted by atomic mass is 9.75. The van der Waals surface area contributed by atoms with Crippen molar-refractivity contribution in [3.8, 4) is 5.75 Å². The number of hydrogen-bond donors (Lipinski definition) is 2. The van der Waals surface area contributed by atoms with Crippen molar-refractivity contribution in [3.63, 3.8) is 0 Å². The SMILES string of the molecule is CCOC(=O)C1C(C(F)(F)F)=NC(C)=C(C(=O)OCCCc2ccc(OCC(O)CNC(C)C)cc2)C1c1cccc([N+](=O)[O-])c1. The van der Waals surface area contributed by atoms with Gasteiger partial charge in [0.25, 0.3) is 5.69 Å². The van der Waals surface area contributed by atoms with Gasteiger partial charge in [-0.25, -0.2) is 4.79 Å². The van der Waals surface area contributed by atoms with Crippen molar-refractivity contribution >= 4 is 23.3 Å². The Morgan fingerprint density at radius 2 is 1.83 bits per heavy atom. The lowest BCUT2D eigenvalue weighted by Crippen LogP contribution is -2.44. The minimum atomic E-state index is -5.06. The van der Waals surface area contributed by atoms with Crippen molar-refractivity contribution in [1.82, 2.24) is 5.32 Å². The van der Waals surface area contributed by atoms with Gasteiger partial charge in [-0.2, -0.15) is 13.2 Å². The molecule has 0 aromatic heterocycles. The number of aliphatic hydroxyl groups is 1. The molecule has 2 aromatic rings. The second-order valence-corrected chi connectivity index (χ2v) is 11.0. The van der Waals surface area contributed by atoms with Crippen LogP contribution in [0.5, 0.6) is 5.75 Å². The molecule has 250 valence electrons. The molecule has 1 aliphatic rings. The summed E-state index contributed by atoms with van der Waals surface area (Å²) in [4.78, 5) is 40.7. The van der Waals surface area contributed by atoms with Gasteiger partial charge in [-0.1, -0.05) is 38.1 Å². The van der Waals surface area contributed by atoms with E-state index < -0.39 is 52.4 Å². The number of hydrogen-bond acceptors (Lipinski definition) is 10. The number of benzene rings is 2. The number of carbonyl (C=O) groups excluding carboxylic acids is 2. The van der Waals surface area contributed by atoms with Crippen LogP contribution in [0.3, 0.4) is 0 Å². The highest BCUT2D eigenvalue weighted by molar-refractivity contribution is 6.10. The fourth-order valence-electron chi connectivity index (χ4n) is 4.94. The molecule has 2 N–H and O–H groups in total. The van der Waals surface area contributed by atoms with Crippen LogP contribution in [0, 0.1) is 16.0 Å². The van der Waals surface area contributed by atoms with Crippen molar-refractivity contribution in [2.45, 2.75) is 64.8 Å². The van der Waals surface area contributed by atoms with Crippen molar-refractivity contribution < 1.29 is 47.0 Å². The summed E-state index contributed by atoms with van der Waals surface area (Å²) < 4.78 is 58.5. The third kappa shape index (κ3) is 9.85. The number of non-ortho nitro benzene ring substituents is 1. The third-order valence-electron chi connectivity index (χ3n) is 7.08. The van der Waals surface area contributed by atoms with Crippen LogP contribution in [0.2, 0.25) is 0 Å². The molecule has 0 fully saturated rings. The first-order valence-electron chi connectivity index (χ1n) is 14.8. The van der Waals surface area contributed by atoms with Crippen molar-refractivity contribution in [1.29, 1.82) is 0 Å². The first-order chi connectivity index (χ1) is 21.7. The molecule has 11 nitrogen and oxygen atoms in total. The standard InChI is InChI=1S/C32H38F3N3O8/c1-5-44-31(41)28-27(22-9-6-10-23(16-22)38(42)43)26(20(4)37-29(28)32(33,34)35)30(40)45-15-7-8-21-11-13-25(14-12-21)46-18-24(39)17-36-19(2)3/h6,9-14,16,19,24,27-28,36,39H,5,7-8,15,17-18H2,1-4H3. The van der Waals surface area contributed by atoms with Gasteiger partial charge in [0.15, 0.2) is 0 Å². The van der Waals surface area contributed by atoms with Gasteiger partial charge >= 0.3 is 18.1 Å². The van der Waals surface area contributed by atoms with E-state index in [4.69, 9.17) is 14.2 Å². The van der Waals surface area contributed by atoms with Gasteiger partial charge in [-0.05, 0) is 49.9 Å². The second-order valence-electron chi connectivity index (χ2n) is 11.0. The molecule has 2 aromatic carbocycles. The lowest BCUT2D eigenvalue weighted by Gasteiger charge is -2.33. The lowest BCUT2D eigenvalue weighted by molar-refractivity contribution is -0.384. The van der Waals surface area contributed by atoms with Gasteiger partial charge in [-0.3, -0.25) is 19.9 Å². The highest BCUT2D eigenvalue weighted by Gasteiger charge is 2.53. The summed E-state index contributed by atoms with van der Waals surface area (Å²) in [6.45, 7) is 6.73. The normalized spacial score (nSPS) is 17.4. The highest BCUT2D eigenvalue weighted by Crippen LogP contribution is 2.44. The number of aliphatic hydroxyl groups excluding tert-OH is 1. The highest BCUT2D eigenvalue weighted by atomic mass is 19.4. The molecule has 0 amide bonds. The zero-order valence-electron chi connectivity index (χ0n) is 26.0. The number of nitro groups is 1. The fraction of sp³-hybridized carbons (Fsp3) is 0.469. The molecule has 1 heterocycles. The van der Waals surface area contributed by atoms with E-state index >= 15 is 0 Å². The summed E-state index contributed by atoms with van der Waals surface area (Å²) in [7, 11) is 0. The molecule has 1 aliphatic heterocycles. The van der Waals surface area contributed by atoms with Crippen molar-refractivity contribution in [2.75, 3.05) is 26.4 Å². The number of allylic oxidation sites excluding steroid dienone is 1. The number of nitrogens with one attached hydrogen (secondary N) is 1. The van der Waals surface area contributed by atoms with Crippen molar-refractivity contribution in [2.24, 2.45) is 10.9 Å². The number of aliphatic imine (C=N–C) groups is 1. The summed E-state index contributed by atoms with van der Waals surface area (Å²) in [5.74, 6) is -5.40. The minimum absolute atomic E-state index is 0.0683. The number of ether oxygens (including phenoxy) is 3. The predicted molar refractivity (Wildman–Crippen MR) is 163 cm³/mol. The summed E-state index contributed by atoms with van der Waals surface area (Å²) in [6.07, 6.45) is -4.88. The van der Waals surface area contributed by atoms with Crippen LogP contribution in [0.25, 0.3) is 0 Å². The maximum atomic E-state index is 14.2. The molecular formula is C32H38F3N3O8. The van der Waals surface area contributed by atoms with Gasteiger partial charge in [-0.15, -0.1) is 0 Å². The second kappa shape index (κ2) is 16.3. The summed E-state index contributed by atoms with van der Waals surface area (Å²) in [5, 5.41) is 24.6. The molecule has 0 saturated heterocycles. The smallest absolute Gasteiger partial charge is 0.430 e. The van der Waals surface area contributed by atoms with E-state index in [-0.39, 0.29) is 42.7 Å².